The van der Waals surface area contributed by atoms with Gasteiger partial charge in [0.15, 0.2) is 0 Å². The second-order valence-electron chi connectivity index (χ2n) is 10.4. The van der Waals surface area contributed by atoms with Crippen LogP contribution in [0.2, 0.25) is 0 Å². The zero-order valence-electron chi connectivity index (χ0n) is 24.1. The molecule has 4 nitrogen and oxygen atoms in total. The van der Waals surface area contributed by atoms with E-state index in [9.17, 15) is 4.79 Å². The van der Waals surface area contributed by atoms with Crippen molar-refractivity contribution in [2.24, 2.45) is 5.92 Å². The summed E-state index contributed by atoms with van der Waals surface area (Å²) >= 11 is 0. The topological polar surface area (TPSA) is 44.8 Å². The Kier molecular flexibility index (Phi) is 13.6. The lowest BCUT2D eigenvalue weighted by Crippen LogP contribution is -2.08. The van der Waals surface area contributed by atoms with Crippen LogP contribution in [0.15, 0.2) is 72.8 Å². The Morgan fingerprint density at radius 3 is 1.97 bits per heavy atom. The lowest BCUT2D eigenvalue weighted by atomic mass is 10.0. The van der Waals surface area contributed by atoms with Crippen LogP contribution in [0.5, 0.6) is 11.5 Å². The van der Waals surface area contributed by atoms with Crippen molar-refractivity contribution >= 4 is 5.97 Å². The van der Waals surface area contributed by atoms with Crippen LogP contribution < -0.4 is 9.47 Å². The molecular weight excluding hydrogens is 484 g/mol. The van der Waals surface area contributed by atoms with Crippen LogP contribution in [0.3, 0.4) is 0 Å². The SMILES string of the molecule is CCCCCCCCOc1ccc(OC(=O)c2ccc(-c3ccc(CCCOCC(C)CC)cc3)cc2)cc1. The van der Waals surface area contributed by atoms with Crippen LogP contribution in [-0.4, -0.2) is 25.8 Å². The van der Waals surface area contributed by atoms with E-state index in [2.05, 4.69) is 45.0 Å². The van der Waals surface area contributed by atoms with Crippen LogP contribution in [0.1, 0.15) is 88.1 Å². The van der Waals surface area contributed by atoms with E-state index in [1.54, 1.807) is 12.1 Å². The van der Waals surface area contributed by atoms with Crippen LogP contribution in [0.4, 0.5) is 0 Å². The predicted molar refractivity (Wildman–Crippen MR) is 161 cm³/mol. The van der Waals surface area contributed by atoms with Gasteiger partial charge in [0, 0.05) is 13.2 Å². The number of unbranched alkanes of at least 4 members (excludes halogenated alkanes) is 5. The van der Waals surface area contributed by atoms with Crippen molar-refractivity contribution in [1.82, 2.24) is 0 Å². The smallest absolute Gasteiger partial charge is 0.343 e. The average molecular weight is 531 g/mol. The molecular formula is C35H46O4. The van der Waals surface area contributed by atoms with Crippen molar-refractivity contribution in [2.75, 3.05) is 19.8 Å². The van der Waals surface area contributed by atoms with E-state index in [-0.39, 0.29) is 5.97 Å². The number of hydrogen-bond acceptors (Lipinski definition) is 4. The summed E-state index contributed by atoms with van der Waals surface area (Å²) in [5, 5.41) is 0. The van der Waals surface area contributed by atoms with Crippen LogP contribution in [0, 0.1) is 5.92 Å². The van der Waals surface area contributed by atoms with Crippen molar-refractivity contribution < 1.29 is 19.0 Å². The molecule has 3 aromatic carbocycles. The van der Waals surface area contributed by atoms with Crippen molar-refractivity contribution in [3.63, 3.8) is 0 Å². The van der Waals surface area contributed by atoms with Crippen molar-refractivity contribution in [3.05, 3.63) is 83.9 Å². The van der Waals surface area contributed by atoms with Gasteiger partial charge in [-0.1, -0.05) is 95.7 Å². The Morgan fingerprint density at radius 1 is 0.692 bits per heavy atom. The molecule has 39 heavy (non-hydrogen) atoms. The van der Waals surface area contributed by atoms with Gasteiger partial charge in [0.25, 0.3) is 0 Å². The number of rotatable bonds is 18. The van der Waals surface area contributed by atoms with Crippen LogP contribution in [-0.2, 0) is 11.2 Å². The Labute approximate surface area is 235 Å². The summed E-state index contributed by atoms with van der Waals surface area (Å²) in [6.07, 6.45) is 10.6. The van der Waals surface area contributed by atoms with E-state index in [1.807, 2.05) is 36.4 Å². The molecule has 0 spiro atoms. The molecule has 0 aliphatic carbocycles. The monoisotopic (exact) mass is 530 g/mol. The minimum atomic E-state index is -0.367. The first-order chi connectivity index (χ1) is 19.1. The van der Waals surface area contributed by atoms with Gasteiger partial charge >= 0.3 is 5.97 Å². The molecule has 0 aliphatic rings. The molecule has 0 bridgehead atoms. The molecule has 1 unspecified atom stereocenters. The van der Waals surface area contributed by atoms with Crippen molar-refractivity contribution in [1.29, 1.82) is 0 Å². The van der Waals surface area contributed by atoms with Crippen LogP contribution in [0.25, 0.3) is 11.1 Å². The third-order valence-corrected chi connectivity index (χ3v) is 7.06. The minimum absolute atomic E-state index is 0.367. The van der Waals surface area contributed by atoms with E-state index >= 15 is 0 Å². The number of esters is 1. The third-order valence-electron chi connectivity index (χ3n) is 7.06. The standard InChI is InChI=1S/C35H46O4/c1-4-6-7-8-9-10-26-38-33-21-23-34(24-22-33)39-35(36)32-19-17-31(18-20-32)30-15-13-29(14-16-30)12-11-25-37-27-28(3)5-2/h13-24,28H,4-12,25-27H2,1-3H3. The maximum Gasteiger partial charge on any atom is 0.343 e. The number of carbonyl (C=O) groups excluding carboxylic acids is 1. The summed E-state index contributed by atoms with van der Waals surface area (Å²) < 4.78 is 17.1. The maximum atomic E-state index is 12.6. The molecule has 1 atom stereocenters. The highest BCUT2D eigenvalue weighted by atomic mass is 16.5. The Bertz CT molecular complexity index is 1070. The normalized spacial score (nSPS) is 11.8. The second-order valence-corrected chi connectivity index (χ2v) is 10.4. The first kappa shape index (κ1) is 30.4. The average Bonchev–Trinajstić information content (AvgIpc) is 2.97. The number of aryl methyl sites for hydroxylation is 1. The zero-order chi connectivity index (χ0) is 27.7. The summed E-state index contributed by atoms with van der Waals surface area (Å²) in [5.41, 5.74) is 4.03. The number of benzene rings is 3. The van der Waals surface area contributed by atoms with Gasteiger partial charge in [-0.15, -0.1) is 0 Å². The summed E-state index contributed by atoms with van der Waals surface area (Å²) in [5.74, 6) is 1.57. The summed E-state index contributed by atoms with van der Waals surface area (Å²) in [6, 6.07) is 23.5. The molecule has 0 heterocycles. The highest BCUT2D eigenvalue weighted by Gasteiger charge is 2.10. The lowest BCUT2D eigenvalue weighted by Gasteiger charge is -2.10. The third kappa shape index (κ3) is 11.3. The molecule has 0 N–H and O–H groups in total. The lowest BCUT2D eigenvalue weighted by molar-refractivity contribution is 0.0734. The number of carbonyl (C=O) groups is 1. The second kappa shape index (κ2) is 17.5. The largest absolute Gasteiger partial charge is 0.494 e. The minimum Gasteiger partial charge on any atom is -0.494 e. The fourth-order valence-electron chi connectivity index (χ4n) is 4.29. The van der Waals surface area contributed by atoms with Gasteiger partial charge in [-0.25, -0.2) is 4.79 Å². The molecule has 3 rings (SSSR count). The summed E-state index contributed by atoms with van der Waals surface area (Å²) in [7, 11) is 0. The van der Waals surface area contributed by atoms with Crippen molar-refractivity contribution in [2.45, 2.75) is 78.6 Å². The van der Waals surface area contributed by atoms with E-state index < -0.39 is 0 Å². The molecule has 0 radical (unpaired) electrons. The number of hydrogen-bond donors (Lipinski definition) is 0. The van der Waals surface area contributed by atoms with E-state index in [0.29, 0.717) is 23.8 Å². The van der Waals surface area contributed by atoms with E-state index in [1.165, 1.54) is 37.7 Å². The molecule has 0 amide bonds. The molecule has 0 aliphatic heterocycles. The predicted octanol–water partition coefficient (Wildman–Crippen LogP) is 9.31. The zero-order valence-corrected chi connectivity index (χ0v) is 24.1. The van der Waals surface area contributed by atoms with Gasteiger partial charge in [0.05, 0.1) is 12.2 Å². The molecule has 0 fully saturated rings. The van der Waals surface area contributed by atoms with Gasteiger partial charge in [-0.05, 0) is 78.3 Å². The van der Waals surface area contributed by atoms with Crippen molar-refractivity contribution in [3.8, 4) is 22.6 Å². The fraction of sp³-hybridized carbons (Fsp3) is 0.457. The molecule has 0 aromatic heterocycles. The van der Waals surface area contributed by atoms with Gasteiger partial charge in [-0.2, -0.15) is 0 Å². The van der Waals surface area contributed by atoms with E-state index in [4.69, 9.17) is 14.2 Å². The molecule has 210 valence electrons. The van der Waals surface area contributed by atoms with Gasteiger partial charge in [0.2, 0.25) is 0 Å². The summed E-state index contributed by atoms with van der Waals surface area (Å²) in [6.45, 7) is 9.02. The molecule has 3 aromatic rings. The first-order valence-corrected chi connectivity index (χ1v) is 14.8. The highest BCUT2D eigenvalue weighted by Crippen LogP contribution is 2.23. The molecule has 4 heteroatoms. The maximum absolute atomic E-state index is 12.6. The first-order valence-electron chi connectivity index (χ1n) is 14.8. The van der Waals surface area contributed by atoms with E-state index in [0.717, 1.165) is 55.8 Å². The van der Waals surface area contributed by atoms with Gasteiger partial charge in [0.1, 0.15) is 11.5 Å². The van der Waals surface area contributed by atoms with Crippen LogP contribution >= 0.6 is 0 Å². The highest BCUT2D eigenvalue weighted by molar-refractivity contribution is 5.91. The molecule has 0 saturated carbocycles. The Hall–Kier alpha value is -3.11. The number of ether oxygens (including phenoxy) is 3. The summed E-state index contributed by atoms with van der Waals surface area (Å²) in [4.78, 5) is 12.6. The van der Waals surface area contributed by atoms with Gasteiger partial charge < -0.3 is 14.2 Å². The van der Waals surface area contributed by atoms with Gasteiger partial charge in [-0.3, -0.25) is 0 Å². The fourth-order valence-corrected chi connectivity index (χ4v) is 4.29. The Balaban J connectivity index is 1.40. The Morgan fingerprint density at radius 2 is 1.31 bits per heavy atom. The quantitative estimate of drug-likeness (QED) is 0.0934. The molecule has 0 saturated heterocycles.